The van der Waals surface area contributed by atoms with E-state index >= 15 is 0 Å². The van der Waals surface area contributed by atoms with Crippen molar-refractivity contribution in [1.82, 2.24) is 4.57 Å². The third-order valence-electron chi connectivity index (χ3n) is 2.85. The van der Waals surface area contributed by atoms with Gasteiger partial charge in [-0.25, -0.2) is 9.13 Å². The number of nitrogens with zero attached hydrogens (tertiary/aromatic N) is 2. The van der Waals surface area contributed by atoms with Gasteiger partial charge in [-0.2, -0.15) is 0 Å². The van der Waals surface area contributed by atoms with Gasteiger partial charge in [0.25, 0.3) is 0 Å². The van der Waals surface area contributed by atoms with Crippen molar-refractivity contribution in [1.29, 1.82) is 0 Å². The maximum absolute atomic E-state index is 2.26. The first-order chi connectivity index (χ1) is 7.33. The van der Waals surface area contributed by atoms with Crippen molar-refractivity contribution in [2.75, 3.05) is 0 Å². The number of rotatable bonds is 1. The molecule has 1 aromatic carbocycles. The Morgan fingerprint density at radius 1 is 1.25 bits per heavy atom. The van der Waals surface area contributed by atoms with E-state index in [1.807, 2.05) is 7.05 Å². The van der Waals surface area contributed by atoms with E-state index in [-0.39, 0.29) is 24.0 Å². The van der Waals surface area contributed by atoms with Crippen LogP contribution in [-0.4, -0.2) is 4.57 Å². The quantitative estimate of drug-likeness (QED) is 0.464. The Kier molecular flexibility index (Phi) is 3.14. The van der Waals surface area contributed by atoms with Gasteiger partial charge in [-0.05, 0) is 17.2 Å². The van der Waals surface area contributed by atoms with Gasteiger partial charge in [0.15, 0.2) is 0 Å². The molecular weight excluding hydrogens is 311 g/mol. The minimum atomic E-state index is 0. The van der Waals surface area contributed by atoms with Crippen LogP contribution in [0.5, 0.6) is 0 Å². The molecule has 0 aliphatic heterocycles. The van der Waals surface area contributed by atoms with E-state index in [4.69, 9.17) is 0 Å². The molecule has 16 heavy (non-hydrogen) atoms. The fraction of sp³-hybridized carbons (Fsp3) is 0.154. The molecule has 0 fully saturated rings. The van der Waals surface area contributed by atoms with Crippen molar-refractivity contribution < 1.29 is 28.5 Å². The summed E-state index contributed by atoms with van der Waals surface area (Å²) in [6.07, 6.45) is 9.54. The maximum Gasteiger partial charge on any atom is 0.248 e. The smallest absolute Gasteiger partial charge is 0.248 e. The SMILES string of the molecule is C[n+]1ccn(C2=Cc3ccccc3C2)c1.[I-]. The fourth-order valence-electron chi connectivity index (χ4n) is 2.05. The number of hydrogen-bond donors (Lipinski definition) is 0. The predicted octanol–water partition coefficient (Wildman–Crippen LogP) is -1.13. The van der Waals surface area contributed by atoms with Gasteiger partial charge in [-0.3, -0.25) is 0 Å². The third-order valence-corrected chi connectivity index (χ3v) is 2.85. The van der Waals surface area contributed by atoms with Gasteiger partial charge in [0.1, 0.15) is 18.1 Å². The normalized spacial score (nSPS) is 12.9. The lowest BCUT2D eigenvalue weighted by Gasteiger charge is -1.95. The van der Waals surface area contributed by atoms with E-state index in [1.54, 1.807) is 0 Å². The molecule has 0 saturated heterocycles. The van der Waals surface area contributed by atoms with Crippen molar-refractivity contribution in [2.24, 2.45) is 7.05 Å². The van der Waals surface area contributed by atoms with E-state index in [9.17, 15) is 0 Å². The average molecular weight is 324 g/mol. The molecule has 0 unspecified atom stereocenters. The standard InChI is InChI=1S/C13H13N2.HI/c1-14-6-7-15(10-14)13-8-11-4-2-3-5-12(11)9-13;/h2-8,10H,9H2,1H3;1H/q+1;/p-1. The van der Waals surface area contributed by atoms with Crippen molar-refractivity contribution in [3.63, 3.8) is 0 Å². The summed E-state index contributed by atoms with van der Waals surface area (Å²) < 4.78 is 4.24. The first-order valence-corrected chi connectivity index (χ1v) is 5.15. The summed E-state index contributed by atoms with van der Waals surface area (Å²) in [6.45, 7) is 0. The van der Waals surface area contributed by atoms with Crippen LogP contribution in [0.15, 0.2) is 43.0 Å². The Balaban J connectivity index is 0.000000963. The molecule has 1 aliphatic carbocycles. The zero-order valence-electron chi connectivity index (χ0n) is 9.10. The second-order valence-corrected chi connectivity index (χ2v) is 4.00. The Bertz CT molecular complexity index is 540. The second kappa shape index (κ2) is 4.41. The third kappa shape index (κ3) is 1.91. The van der Waals surface area contributed by atoms with Crippen molar-refractivity contribution in [2.45, 2.75) is 6.42 Å². The van der Waals surface area contributed by atoms with Crippen LogP contribution in [0.4, 0.5) is 0 Å². The molecule has 1 aromatic heterocycles. The minimum Gasteiger partial charge on any atom is -1.00 e. The van der Waals surface area contributed by atoms with E-state index in [2.05, 4.69) is 58.2 Å². The first kappa shape index (κ1) is 11.4. The van der Waals surface area contributed by atoms with Crippen molar-refractivity contribution >= 4 is 11.8 Å². The number of aromatic nitrogens is 2. The lowest BCUT2D eigenvalue weighted by atomic mass is 10.1. The predicted molar refractivity (Wildman–Crippen MR) is 59.9 cm³/mol. The van der Waals surface area contributed by atoms with E-state index in [0.717, 1.165) is 6.42 Å². The molecule has 0 N–H and O–H groups in total. The number of allylic oxidation sites excluding steroid dienone is 1. The average Bonchev–Trinajstić information content (AvgIpc) is 2.82. The molecule has 0 spiro atoms. The van der Waals surface area contributed by atoms with Crippen LogP contribution in [0, 0.1) is 0 Å². The molecule has 0 saturated carbocycles. The van der Waals surface area contributed by atoms with Crippen molar-refractivity contribution in [3.05, 3.63) is 54.1 Å². The zero-order valence-corrected chi connectivity index (χ0v) is 11.3. The van der Waals surface area contributed by atoms with E-state index in [0.29, 0.717) is 0 Å². The molecule has 3 rings (SSSR count). The summed E-state index contributed by atoms with van der Waals surface area (Å²) in [5, 5.41) is 0. The van der Waals surface area contributed by atoms with Gasteiger partial charge in [-0.15, -0.1) is 0 Å². The highest BCUT2D eigenvalue weighted by atomic mass is 127. The number of aryl methyl sites for hydroxylation is 1. The van der Waals surface area contributed by atoms with E-state index < -0.39 is 0 Å². The van der Waals surface area contributed by atoms with E-state index in [1.165, 1.54) is 16.8 Å². The summed E-state index contributed by atoms with van der Waals surface area (Å²) in [5.74, 6) is 0. The molecular formula is C13H13IN2. The lowest BCUT2D eigenvalue weighted by molar-refractivity contribution is -0.670. The lowest BCUT2D eigenvalue weighted by Crippen LogP contribution is -3.00. The van der Waals surface area contributed by atoms with Gasteiger partial charge in [0.05, 0.1) is 7.05 Å². The van der Waals surface area contributed by atoms with Crippen LogP contribution in [0.25, 0.3) is 11.8 Å². The molecule has 2 aromatic rings. The van der Waals surface area contributed by atoms with Gasteiger partial charge >= 0.3 is 0 Å². The monoisotopic (exact) mass is 324 g/mol. The number of benzene rings is 1. The van der Waals surface area contributed by atoms with Crippen LogP contribution in [0.1, 0.15) is 11.1 Å². The molecule has 0 radical (unpaired) electrons. The van der Waals surface area contributed by atoms with Crippen LogP contribution in [-0.2, 0) is 13.5 Å². The molecule has 0 amide bonds. The van der Waals surface area contributed by atoms with Gasteiger partial charge in [-0.1, -0.05) is 24.3 Å². The Hall–Kier alpha value is -1.10. The summed E-state index contributed by atoms with van der Waals surface area (Å²) in [4.78, 5) is 0. The highest BCUT2D eigenvalue weighted by molar-refractivity contribution is 5.79. The number of halogens is 1. The van der Waals surface area contributed by atoms with Crippen LogP contribution >= 0.6 is 0 Å². The second-order valence-electron chi connectivity index (χ2n) is 4.00. The summed E-state index contributed by atoms with van der Waals surface area (Å²) >= 11 is 0. The first-order valence-electron chi connectivity index (χ1n) is 5.15. The summed E-state index contributed by atoms with van der Waals surface area (Å²) in [6, 6.07) is 8.56. The fourth-order valence-corrected chi connectivity index (χ4v) is 2.05. The molecule has 0 atom stereocenters. The molecule has 82 valence electrons. The molecule has 3 heteroatoms. The molecule has 1 heterocycles. The topological polar surface area (TPSA) is 8.81 Å². The Morgan fingerprint density at radius 3 is 2.75 bits per heavy atom. The summed E-state index contributed by atoms with van der Waals surface area (Å²) in [7, 11) is 2.04. The van der Waals surface area contributed by atoms with Crippen LogP contribution in [0.3, 0.4) is 0 Å². The number of fused-ring (bicyclic) bond motifs is 1. The van der Waals surface area contributed by atoms with Gasteiger partial charge in [0.2, 0.25) is 6.33 Å². The number of imidazole rings is 1. The Morgan fingerprint density at radius 2 is 2.06 bits per heavy atom. The van der Waals surface area contributed by atoms with Gasteiger partial charge in [0, 0.05) is 6.42 Å². The largest absolute Gasteiger partial charge is 1.00 e. The van der Waals surface area contributed by atoms with Crippen LogP contribution < -0.4 is 28.5 Å². The Labute approximate surface area is 112 Å². The molecule has 0 bridgehead atoms. The molecule has 2 nitrogen and oxygen atoms in total. The summed E-state index contributed by atoms with van der Waals surface area (Å²) in [5.41, 5.74) is 4.12. The van der Waals surface area contributed by atoms with Gasteiger partial charge < -0.3 is 24.0 Å². The zero-order chi connectivity index (χ0) is 10.3. The minimum absolute atomic E-state index is 0. The van der Waals surface area contributed by atoms with Crippen molar-refractivity contribution in [3.8, 4) is 0 Å². The molecule has 1 aliphatic rings. The highest BCUT2D eigenvalue weighted by Crippen LogP contribution is 2.26. The highest BCUT2D eigenvalue weighted by Gasteiger charge is 2.16. The maximum atomic E-state index is 2.26. The number of hydrogen-bond acceptors (Lipinski definition) is 0. The van der Waals surface area contributed by atoms with Crippen LogP contribution in [0.2, 0.25) is 0 Å².